The molecule has 0 aromatic carbocycles. The fraction of sp³-hybridized carbons (Fsp3) is 1.00. The van der Waals surface area contributed by atoms with Crippen LogP contribution in [-0.4, -0.2) is 28.7 Å². The molecule has 0 bridgehead atoms. The summed E-state index contributed by atoms with van der Waals surface area (Å²) < 4.78 is 75.1. The third-order valence-electron chi connectivity index (χ3n) is 1.47. The minimum absolute atomic E-state index is 1.00. The molecule has 0 saturated carbocycles. The Kier molecular flexibility index (Phi) is 5.95. The lowest BCUT2D eigenvalue weighted by Gasteiger charge is -2.20. The predicted molar refractivity (Wildman–Crippen MR) is 42.1 cm³/mol. The number of hydrogen-bond acceptors (Lipinski definition) is 3. The Bertz CT molecular complexity index is 187. The summed E-state index contributed by atoms with van der Waals surface area (Å²) in [6, 6.07) is 0. The lowest BCUT2D eigenvalue weighted by Crippen LogP contribution is -2.24. The van der Waals surface area contributed by atoms with Gasteiger partial charge in [0, 0.05) is 12.8 Å². The zero-order valence-corrected chi connectivity index (χ0v) is 8.61. The van der Waals surface area contributed by atoms with Crippen molar-refractivity contribution in [2.45, 2.75) is 25.2 Å². The van der Waals surface area contributed by atoms with Crippen LogP contribution in [0.25, 0.3) is 0 Å². The highest BCUT2D eigenvalue weighted by molar-refractivity contribution is 7.39. The Morgan fingerprint density at radius 3 is 1.56 bits per heavy atom. The van der Waals surface area contributed by atoms with Crippen LogP contribution in [0.5, 0.6) is 0 Å². The Morgan fingerprint density at radius 2 is 1.31 bits per heavy atom. The highest BCUT2D eigenvalue weighted by atomic mass is 31.2. The summed E-state index contributed by atoms with van der Waals surface area (Å²) in [7, 11) is -2.95. The Balaban J connectivity index is 4.28. The number of halogens is 6. The molecule has 10 heteroatoms. The molecule has 0 radical (unpaired) electrons. The summed E-state index contributed by atoms with van der Waals surface area (Å²) in [5.41, 5.74) is 0. The molecular formula is C6H9F6O3P. The van der Waals surface area contributed by atoms with Crippen LogP contribution >= 0.6 is 8.60 Å². The lowest BCUT2D eigenvalue weighted by molar-refractivity contribution is -0.176. The number of alkyl halides is 6. The molecule has 0 unspecified atom stereocenters. The maximum Gasteiger partial charge on any atom is 0.389 e. The van der Waals surface area contributed by atoms with E-state index in [-0.39, 0.29) is 0 Å². The van der Waals surface area contributed by atoms with Gasteiger partial charge in [0.05, 0.1) is 6.61 Å². The quantitative estimate of drug-likeness (QED) is 0.598. The normalized spacial score (nSPS) is 13.9. The maximum atomic E-state index is 11.9. The molecule has 0 aromatic rings. The van der Waals surface area contributed by atoms with E-state index in [0.717, 1.165) is 0 Å². The van der Waals surface area contributed by atoms with Gasteiger partial charge < -0.3 is 14.3 Å². The first kappa shape index (κ1) is 15.9. The van der Waals surface area contributed by atoms with Crippen molar-refractivity contribution in [3.63, 3.8) is 0 Å². The van der Waals surface area contributed by atoms with Gasteiger partial charge in [-0.2, -0.15) is 26.3 Å². The van der Waals surface area contributed by atoms with E-state index in [0.29, 0.717) is 0 Å². The molecule has 98 valence electrons. The van der Waals surface area contributed by atoms with Crippen LogP contribution in [0, 0.1) is 5.92 Å². The minimum Gasteiger partial charge on any atom is -0.328 e. The standard InChI is InChI=1S/C6H9F6O3P/c7-5(8,9)1-4(2-6(10,11)12)3-15-16(13)14/h4,13-14H,1-3H2. The van der Waals surface area contributed by atoms with E-state index in [1.165, 1.54) is 0 Å². The molecule has 0 aliphatic carbocycles. The van der Waals surface area contributed by atoms with E-state index in [1.807, 2.05) is 0 Å². The van der Waals surface area contributed by atoms with Crippen LogP contribution < -0.4 is 0 Å². The van der Waals surface area contributed by atoms with Crippen LogP contribution in [0.2, 0.25) is 0 Å². The van der Waals surface area contributed by atoms with Crippen molar-refractivity contribution in [1.29, 1.82) is 0 Å². The lowest BCUT2D eigenvalue weighted by atomic mass is 10.0. The van der Waals surface area contributed by atoms with Crippen molar-refractivity contribution in [3.05, 3.63) is 0 Å². The van der Waals surface area contributed by atoms with Gasteiger partial charge in [-0.25, -0.2) is 0 Å². The molecule has 0 saturated heterocycles. The van der Waals surface area contributed by atoms with Crippen LogP contribution in [0.1, 0.15) is 12.8 Å². The monoisotopic (exact) mass is 274 g/mol. The van der Waals surface area contributed by atoms with Gasteiger partial charge >= 0.3 is 21.0 Å². The van der Waals surface area contributed by atoms with Crippen molar-refractivity contribution in [2.24, 2.45) is 5.92 Å². The zero-order chi connectivity index (χ0) is 13.0. The molecule has 0 rings (SSSR count). The summed E-state index contributed by atoms with van der Waals surface area (Å²) in [4.78, 5) is 16.5. The molecule has 0 aromatic heterocycles. The van der Waals surface area contributed by atoms with Crippen molar-refractivity contribution in [1.82, 2.24) is 0 Å². The fourth-order valence-electron chi connectivity index (χ4n) is 1.02. The van der Waals surface area contributed by atoms with Crippen LogP contribution in [0.4, 0.5) is 26.3 Å². The molecule has 0 atom stereocenters. The van der Waals surface area contributed by atoms with Crippen molar-refractivity contribution in [3.8, 4) is 0 Å². The summed E-state index contributed by atoms with van der Waals surface area (Å²) in [5, 5.41) is 0. The number of rotatable bonds is 5. The predicted octanol–water partition coefficient (Wildman–Crippen LogP) is 2.74. The first-order valence-electron chi connectivity index (χ1n) is 3.94. The van der Waals surface area contributed by atoms with Crippen LogP contribution in [-0.2, 0) is 4.52 Å². The molecule has 3 nitrogen and oxygen atoms in total. The van der Waals surface area contributed by atoms with Crippen molar-refractivity contribution >= 4 is 8.60 Å². The molecule has 2 N–H and O–H groups in total. The maximum absolute atomic E-state index is 11.9. The summed E-state index contributed by atoms with van der Waals surface area (Å²) in [5.74, 6) is -1.87. The SMILES string of the molecule is OP(O)OCC(CC(F)(F)F)CC(F)(F)F. The van der Waals surface area contributed by atoms with Gasteiger partial charge in [-0.05, 0) is 5.92 Å². The van der Waals surface area contributed by atoms with E-state index >= 15 is 0 Å². The Hall–Kier alpha value is -0.110. The van der Waals surface area contributed by atoms with E-state index in [2.05, 4.69) is 4.52 Å². The van der Waals surface area contributed by atoms with Gasteiger partial charge in [0.2, 0.25) is 0 Å². The zero-order valence-electron chi connectivity index (χ0n) is 7.72. The second-order valence-corrected chi connectivity index (χ2v) is 3.82. The van der Waals surface area contributed by atoms with Gasteiger partial charge in [-0.3, -0.25) is 0 Å². The highest BCUT2D eigenvalue weighted by Gasteiger charge is 2.39. The Labute approximate surface area is 88.0 Å². The molecule has 0 aliphatic rings. The third-order valence-corrected chi connectivity index (χ3v) is 1.85. The molecule has 0 aliphatic heterocycles. The average Bonchev–Trinajstić information content (AvgIpc) is 1.93. The van der Waals surface area contributed by atoms with Gasteiger partial charge in [0.25, 0.3) is 0 Å². The molecule has 0 amide bonds. The first-order chi connectivity index (χ1) is 6.99. The number of hydrogen-bond donors (Lipinski definition) is 2. The summed E-state index contributed by atoms with van der Waals surface area (Å²) in [6.45, 7) is -1.00. The molecule has 0 fully saturated rings. The van der Waals surface area contributed by atoms with Crippen LogP contribution in [0.3, 0.4) is 0 Å². The topological polar surface area (TPSA) is 49.7 Å². The third kappa shape index (κ3) is 10.4. The highest BCUT2D eigenvalue weighted by Crippen LogP contribution is 2.35. The van der Waals surface area contributed by atoms with Crippen molar-refractivity contribution < 1.29 is 40.7 Å². The molecule has 0 heterocycles. The minimum atomic E-state index is -4.76. The van der Waals surface area contributed by atoms with Gasteiger partial charge in [-0.1, -0.05) is 0 Å². The Morgan fingerprint density at radius 1 is 0.938 bits per heavy atom. The molecule has 0 spiro atoms. The van der Waals surface area contributed by atoms with E-state index in [1.54, 1.807) is 0 Å². The molecular weight excluding hydrogens is 265 g/mol. The van der Waals surface area contributed by atoms with Crippen molar-refractivity contribution in [2.75, 3.05) is 6.61 Å². The second-order valence-electron chi connectivity index (χ2n) is 3.05. The molecule has 16 heavy (non-hydrogen) atoms. The van der Waals surface area contributed by atoms with Gasteiger partial charge in [0.1, 0.15) is 0 Å². The van der Waals surface area contributed by atoms with Gasteiger partial charge in [0.15, 0.2) is 0 Å². The fourth-order valence-corrected chi connectivity index (χ4v) is 1.36. The summed E-state index contributed by atoms with van der Waals surface area (Å²) >= 11 is 0. The van der Waals surface area contributed by atoms with E-state index in [9.17, 15) is 26.3 Å². The average molecular weight is 274 g/mol. The largest absolute Gasteiger partial charge is 0.389 e. The van der Waals surface area contributed by atoms with E-state index in [4.69, 9.17) is 9.79 Å². The smallest absolute Gasteiger partial charge is 0.328 e. The second kappa shape index (κ2) is 6.00. The van der Waals surface area contributed by atoms with Crippen LogP contribution in [0.15, 0.2) is 0 Å². The summed E-state index contributed by atoms with van der Waals surface area (Å²) in [6.07, 6.45) is -12.9. The first-order valence-corrected chi connectivity index (χ1v) is 5.10. The van der Waals surface area contributed by atoms with Gasteiger partial charge in [-0.15, -0.1) is 0 Å². The van der Waals surface area contributed by atoms with E-state index < -0.39 is 46.3 Å².